The van der Waals surface area contributed by atoms with Gasteiger partial charge in [0.15, 0.2) is 0 Å². The third-order valence-electron chi connectivity index (χ3n) is 1.65. The molecule has 0 fully saturated rings. The Labute approximate surface area is 96.5 Å². The lowest BCUT2D eigenvalue weighted by atomic mass is 10.4. The van der Waals surface area contributed by atoms with Gasteiger partial charge < -0.3 is 14.8 Å². The van der Waals surface area contributed by atoms with E-state index in [1.54, 1.807) is 0 Å². The smallest absolute Gasteiger partial charge is 0.319 e. The van der Waals surface area contributed by atoms with Crippen molar-refractivity contribution in [3.8, 4) is 5.88 Å². The summed E-state index contributed by atoms with van der Waals surface area (Å²) >= 11 is 7.18. The average Bonchev–Trinajstić information content (AvgIpc) is 2.60. The summed E-state index contributed by atoms with van der Waals surface area (Å²) in [7, 11) is 2.85. The number of hydrogen-bond donors (Lipinski definition) is 1. The van der Waals surface area contributed by atoms with Crippen LogP contribution in [0.5, 0.6) is 5.88 Å². The topological polar surface area (TPSA) is 60.5 Å². The number of nitrogens with one attached hydrogen (secondary N) is 1. The molecular formula is C8H11ClN2O3S. The zero-order valence-corrected chi connectivity index (χ0v) is 9.94. The second kappa shape index (κ2) is 5.89. The van der Waals surface area contributed by atoms with E-state index >= 15 is 0 Å². The van der Waals surface area contributed by atoms with Gasteiger partial charge in [-0.1, -0.05) is 11.6 Å². The number of nitrogens with zero attached hydrogens (tertiary/aromatic N) is 1. The molecule has 0 saturated carbocycles. The third-order valence-corrected chi connectivity index (χ3v) is 2.98. The Hall–Kier alpha value is -0.850. The molecule has 15 heavy (non-hydrogen) atoms. The summed E-state index contributed by atoms with van der Waals surface area (Å²) in [4.78, 5) is 11.6. The van der Waals surface area contributed by atoms with Crippen molar-refractivity contribution in [3.63, 3.8) is 0 Å². The van der Waals surface area contributed by atoms with Gasteiger partial charge in [0.05, 0.1) is 25.6 Å². The number of methoxy groups -OCH3 is 2. The molecular weight excluding hydrogens is 240 g/mol. The fourth-order valence-electron chi connectivity index (χ4n) is 0.883. The summed E-state index contributed by atoms with van der Waals surface area (Å²) in [6.07, 6.45) is 0. The predicted octanol–water partition coefficient (Wildman–Crippen LogP) is 1.07. The van der Waals surface area contributed by atoms with Crippen molar-refractivity contribution in [2.24, 2.45) is 0 Å². The highest BCUT2D eigenvalue weighted by atomic mass is 35.5. The molecule has 0 amide bonds. The van der Waals surface area contributed by atoms with Crippen LogP contribution in [-0.4, -0.2) is 31.1 Å². The molecule has 1 rings (SSSR count). The van der Waals surface area contributed by atoms with Gasteiger partial charge in [-0.25, -0.2) is 0 Å². The van der Waals surface area contributed by atoms with Crippen LogP contribution in [0.1, 0.15) is 4.88 Å². The molecule has 0 radical (unpaired) electrons. The molecule has 0 aliphatic rings. The predicted molar refractivity (Wildman–Crippen MR) is 57.4 cm³/mol. The lowest BCUT2D eigenvalue weighted by Crippen LogP contribution is -2.23. The van der Waals surface area contributed by atoms with Gasteiger partial charge in [-0.3, -0.25) is 4.79 Å². The Morgan fingerprint density at radius 2 is 2.33 bits per heavy atom. The minimum Gasteiger partial charge on any atom is -0.479 e. The molecule has 0 aliphatic heterocycles. The molecule has 1 N–H and O–H groups in total. The highest BCUT2D eigenvalue weighted by Crippen LogP contribution is 2.30. The van der Waals surface area contributed by atoms with Crippen LogP contribution < -0.4 is 10.1 Å². The molecule has 1 aromatic rings. The first kappa shape index (κ1) is 12.2. The molecule has 0 unspecified atom stereocenters. The monoisotopic (exact) mass is 250 g/mol. The van der Waals surface area contributed by atoms with E-state index < -0.39 is 0 Å². The van der Waals surface area contributed by atoms with E-state index in [2.05, 4.69) is 14.4 Å². The van der Waals surface area contributed by atoms with Crippen LogP contribution in [0.3, 0.4) is 0 Å². The Balaban J connectivity index is 2.44. The Bertz CT molecular complexity index is 343. The molecule has 0 aromatic carbocycles. The third kappa shape index (κ3) is 3.33. The summed E-state index contributed by atoms with van der Waals surface area (Å²) < 4.78 is 13.4. The van der Waals surface area contributed by atoms with Gasteiger partial charge in [0.1, 0.15) is 5.02 Å². The Morgan fingerprint density at radius 1 is 1.60 bits per heavy atom. The van der Waals surface area contributed by atoms with E-state index in [9.17, 15) is 4.79 Å². The van der Waals surface area contributed by atoms with Crippen molar-refractivity contribution < 1.29 is 14.3 Å². The number of carbonyl (C=O) groups is 1. The first-order valence-electron chi connectivity index (χ1n) is 4.14. The SMILES string of the molecule is COC(=O)CNCc1snc(OC)c1Cl. The summed E-state index contributed by atoms with van der Waals surface area (Å²) in [5, 5.41) is 3.37. The van der Waals surface area contributed by atoms with Gasteiger partial charge >= 0.3 is 5.97 Å². The minimum atomic E-state index is -0.317. The lowest BCUT2D eigenvalue weighted by Gasteiger charge is -2.01. The normalized spacial score (nSPS) is 10.1. The van der Waals surface area contributed by atoms with Crippen molar-refractivity contribution in [1.82, 2.24) is 9.69 Å². The van der Waals surface area contributed by atoms with Crippen LogP contribution in [0.15, 0.2) is 0 Å². The van der Waals surface area contributed by atoms with Crippen molar-refractivity contribution in [1.29, 1.82) is 0 Å². The van der Waals surface area contributed by atoms with Crippen LogP contribution in [0.25, 0.3) is 0 Å². The largest absolute Gasteiger partial charge is 0.479 e. The van der Waals surface area contributed by atoms with Crippen LogP contribution in [0.4, 0.5) is 0 Å². The molecule has 1 aromatic heterocycles. The van der Waals surface area contributed by atoms with E-state index in [0.29, 0.717) is 17.4 Å². The molecule has 0 aliphatic carbocycles. The second-order valence-electron chi connectivity index (χ2n) is 2.61. The van der Waals surface area contributed by atoms with Crippen LogP contribution >= 0.6 is 23.1 Å². The first-order chi connectivity index (χ1) is 7.19. The highest BCUT2D eigenvalue weighted by molar-refractivity contribution is 7.06. The maximum Gasteiger partial charge on any atom is 0.319 e. The molecule has 0 saturated heterocycles. The zero-order chi connectivity index (χ0) is 11.3. The summed E-state index contributed by atoms with van der Waals surface area (Å²) in [5.41, 5.74) is 0. The van der Waals surface area contributed by atoms with E-state index in [4.69, 9.17) is 16.3 Å². The average molecular weight is 251 g/mol. The van der Waals surface area contributed by atoms with E-state index in [1.807, 2.05) is 0 Å². The van der Waals surface area contributed by atoms with Crippen molar-refractivity contribution in [2.75, 3.05) is 20.8 Å². The van der Waals surface area contributed by atoms with Gasteiger partial charge in [-0.15, -0.1) is 0 Å². The van der Waals surface area contributed by atoms with E-state index in [-0.39, 0.29) is 12.5 Å². The number of halogens is 1. The highest BCUT2D eigenvalue weighted by Gasteiger charge is 2.11. The number of ether oxygens (including phenoxy) is 2. The number of esters is 1. The molecule has 7 heteroatoms. The maximum atomic E-state index is 10.8. The zero-order valence-electron chi connectivity index (χ0n) is 8.37. The van der Waals surface area contributed by atoms with E-state index in [0.717, 1.165) is 4.88 Å². The van der Waals surface area contributed by atoms with Gasteiger partial charge in [0.2, 0.25) is 5.88 Å². The number of aromatic nitrogens is 1. The van der Waals surface area contributed by atoms with Gasteiger partial charge in [-0.2, -0.15) is 4.37 Å². The number of rotatable bonds is 5. The maximum absolute atomic E-state index is 10.8. The Kier molecular flexibility index (Phi) is 4.80. The van der Waals surface area contributed by atoms with E-state index in [1.165, 1.54) is 25.8 Å². The lowest BCUT2D eigenvalue weighted by molar-refractivity contribution is -0.139. The number of carbonyl (C=O) groups excluding carboxylic acids is 1. The van der Waals surface area contributed by atoms with Crippen molar-refractivity contribution in [2.45, 2.75) is 6.54 Å². The summed E-state index contributed by atoms with van der Waals surface area (Å²) in [6, 6.07) is 0. The first-order valence-corrected chi connectivity index (χ1v) is 5.29. The van der Waals surface area contributed by atoms with Crippen LogP contribution in [-0.2, 0) is 16.1 Å². The second-order valence-corrected chi connectivity index (χ2v) is 3.84. The van der Waals surface area contributed by atoms with Crippen molar-refractivity contribution >= 4 is 29.1 Å². The standard InChI is InChI=1S/C8H11ClN2O3S/c1-13-6(12)4-10-3-5-7(9)8(14-2)11-15-5/h10H,3-4H2,1-2H3. The fraction of sp³-hybridized carbons (Fsp3) is 0.500. The number of hydrogen-bond acceptors (Lipinski definition) is 6. The van der Waals surface area contributed by atoms with Gasteiger partial charge in [0, 0.05) is 6.54 Å². The fourth-order valence-corrected chi connectivity index (χ4v) is 1.92. The Morgan fingerprint density at radius 3 is 2.87 bits per heavy atom. The molecule has 1 heterocycles. The molecule has 0 atom stereocenters. The molecule has 84 valence electrons. The van der Waals surface area contributed by atoms with Crippen molar-refractivity contribution in [3.05, 3.63) is 9.90 Å². The van der Waals surface area contributed by atoms with Crippen LogP contribution in [0.2, 0.25) is 5.02 Å². The summed E-state index contributed by atoms with van der Waals surface area (Å²) in [5.74, 6) is 0.0964. The summed E-state index contributed by atoms with van der Waals surface area (Å²) in [6.45, 7) is 0.613. The minimum absolute atomic E-state index is 0.146. The van der Waals surface area contributed by atoms with Gasteiger partial charge in [-0.05, 0) is 11.5 Å². The van der Waals surface area contributed by atoms with Gasteiger partial charge in [0.25, 0.3) is 0 Å². The quantitative estimate of drug-likeness (QED) is 0.792. The molecule has 0 bridgehead atoms. The molecule has 5 nitrogen and oxygen atoms in total. The molecule has 0 spiro atoms. The van der Waals surface area contributed by atoms with Crippen LogP contribution in [0, 0.1) is 0 Å².